The van der Waals surface area contributed by atoms with E-state index in [0.29, 0.717) is 5.13 Å². The number of carbonyl (C=O) groups excluding carboxylic acids is 1. The summed E-state index contributed by atoms with van der Waals surface area (Å²) in [4.78, 5) is 25.6. The van der Waals surface area contributed by atoms with Crippen molar-refractivity contribution < 1.29 is 9.53 Å². The quantitative estimate of drug-likeness (QED) is 0.787. The summed E-state index contributed by atoms with van der Waals surface area (Å²) in [5.74, 6) is 0.511. The van der Waals surface area contributed by atoms with Crippen LogP contribution >= 0.6 is 11.3 Å². The highest BCUT2D eigenvalue weighted by Gasteiger charge is 2.14. The summed E-state index contributed by atoms with van der Waals surface area (Å²) in [6.45, 7) is 3.96. The topological polar surface area (TPSA) is 77.0 Å². The van der Waals surface area contributed by atoms with Gasteiger partial charge >= 0.3 is 0 Å². The number of aryl methyl sites for hydroxylation is 2. The van der Waals surface area contributed by atoms with Gasteiger partial charge in [0.2, 0.25) is 0 Å². The van der Waals surface area contributed by atoms with Crippen LogP contribution in [0.4, 0.5) is 5.13 Å². The van der Waals surface area contributed by atoms with Crippen LogP contribution in [0.1, 0.15) is 20.9 Å². The van der Waals surface area contributed by atoms with E-state index in [2.05, 4.69) is 20.3 Å². The van der Waals surface area contributed by atoms with Crippen molar-refractivity contribution in [3.63, 3.8) is 0 Å². The number of ether oxygens (including phenoxy) is 1. The van der Waals surface area contributed by atoms with E-state index >= 15 is 0 Å². The number of amides is 1. The summed E-state index contributed by atoms with van der Waals surface area (Å²) in [5, 5.41) is 3.30. The van der Waals surface area contributed by atoms with E-state index < -0.39 is 0 Å². The molecule has 0 unspecified atom stereocenters. The highest BCUT2D eigenvalue weighted by molar-refractivity contribution is 7.16. The molecule has 0 spiro atoms. The van der Waals surface area contributed by atoms with Crippen molar-refractivity contribution in [1.82, 2.24) is 15.0 Å². The maximum atomic E-state index is 12.1. The van der Waals surface area contributed by atoms with E-state index in [1.165, 1.54) is 29.9 Å². The Balaban J connectivity index is 1.85. The zero-order valence-corrected chi connectivity index (χ0v) is 14.3. The molecule has 0 bridgehead atoms. The number of carbonyl (C=O) groups is 1. The van der Waals surface area contributed by atoms with Crippen LogP contribution in [0.5, 0.6) is 5.75 Å². The molecule has 6 nitrogen and oxygen atoms in total. The lowest BCUT2D eigenvalue weighted by Crippen LogP contribution is -2.13. The number of anilines is 1. The van der Waals surface area contributed by atoms with Crippen LogP contribution in [-0.2, 0) is 0 Å². The van der Waals surface area contributed by atoms with Crippen molar-refractivity contribution in [2.24, 2.45) is 0 Å². The van der Waals surface area contributed by atoms with E-state index in [1.807, 2.05) is 32.0 Å². The van der Waals surface area contributed by atoms with Crippen molar-refractivity contribution in [3.8, 4) is 17.0 Å². The van der Waals surface area contributed by atoms with Gasteiger partial charge in [0.15, 0.2) is 5.13 Å². The molecule has 7 heteroatoms. The van der Waals surface area contributed by atoms with Crippen LogP contribution in [0.25, 0.3) is 11.3 Å². The van der Waals surface area contributed by atoms with Gasteiger partial charge in [-0.2, -0.15) is 0 Å². The Morgan fingerprint density at radius 3 is 2.75 bits per heavy atom. The van der Waals surface area contributed by atoms with Crippen molar-refractivity contribution in [2.45, 2.75) is 13.8 Å². The van der Waals surface area contributed by atoms with Gasteiger partial charge in [-0.05, 0) is 37.6 Å². The average Bonchev–Trinajstić information content (AvgIpc) is 2.96. The van der Waals surface area contributed by atoms with Gasteiger partial charge in [-0.3, -0.25) is 15.1 Å². The van der Waals surface area contributed by atoms with E-state index in [9.17, 15) is 4.79 Å². The number of rotatable bonds is 4. The van der Waals surface area contributed by atoms with E-state index in [0.717, 1.165) is 27.4 Å². The SMILES string of the molecule is COc1ccc(-c2nc(NC(=O)c3cnccn3)sc2C)cc1C. The lowest BCUT2D eigenvalue weighted by molar-refractivity contribution is 0.102. The monoisotopic (exact) mass is 340 g/mol. The fourth-order valence-corrected chi connectivity index (χ4v) is 3.15. The Labute approximate surface area is 143 Å². The number of hydrogen-bond donors (Lipinski definition) is 1. The van der Waals surface area contributed by atoms with E-state index in [4.69, 9.17) is 4.74 Å². The summed E-state index contributed by atoms with van der Waals surface area (Å²) in [7, 11) is 1.65. The molecule has 0 aliphatic rings. The molecular weight excluding hydrogens is 324 g/mol. The minimum atomic E-state index is -0.325. The van der Waals surface area contributed by atoms with Gasteiger partial charge in [0.05, 0.1) is 19.0 Å². The van der Waals surface area contributed by atoms with Crippen LogP contribution in [-0.4, -0.2) is 28.0 Å². The van der Waals surface area contributed by atoms with Gasteiger partial charge in [-0.25, -0.2) is 9.97 Å². The molecule has 0 atom stereocenters. The highest BCUT2D eigenvalue weighted by atomic mass is 32.1. The minimum Gasteiger partial charge on any atom is -0.496 e. The molecule has 1 amide bonds. The second kappa shape index (κ2) is 6.76. The standard InChI is InChI=1S/C17H16N4O2S/c1-10-8-12(4-5-14(10)23-3)15-11(2)24-17(20-15)21-16(22)13-9-18-6-7-19-13/h4-9H,1-3H3,(H,20,21,22). The molecule has 0 saturated heterocycles. The number of methoxy groups -OCH3 is 1. The number of thiazole rings is 1. The third kappa shape index (κ3) is 3.26. The lowest BCUT2D eigenvalue weighted by atomic mass is 10.1. The Hall–Kier alpha value is -2.80. The van der Waals surface area contributed by atoms with Crippen molar-refractivity contribution >= 4 is 22.4 Å². The molecule has 0 aliphatic carbocycles. The van der Waals surface area contributed by atoms with E-state index in [1.54, 1.807) is 7.11 Å². The molecule has 0 radical (unpaired) electrons. The molecule has 2 aromatic heterocycles. The Morgan fingerprint density at radius 2 is 2.08 bits per heavy atom. The molecule has 24 heavy (non-hydrogen) atoms. The molecular formula is C17H16N4O2S. The first kappa shape index (κ1) is 16.1. The maximum Gasteiger partial charge on any atom is 0.277 e. The normalized spacial score (nSPS) is 10.5. The fourth-order valence-electron chi connectivity index (χ4n) is 2.32. The number of benzene rings is 1. The molecule has 0 saturated carbocycles. The summed E-state index contributed by atoms with van der Waals surface area (Å²) in [6.07, 6.45) is 4.42. The molecule has 2 heterocycles. The first-order valence-corrected chi connectivity index (χ1v) is 8.10. The van der Waals surface area contributed by atoms with Crippen LogP contribution in [0.2, 0.25) is 0 Å². The summed E-state index contributed by atoms with van der Waals surface area (Å²) < 4.78 is 5.29. The van der Waals surface area contributed by atoms with Crippen LogP contribution in [0.15, 0.2) is 36.8 Å². The number of aromatic nitrogens is 3. The smallest absolute Gasteiger partial charge is 0.277 e. The van der Waals surface area contributed by atoms with Gasteiger partial charge in [0.1, 0.15) is 11.4 Å². The summed E-state index contributed by atoms with van der Waals surface area (Å²) >= 11 is 1.43. The Morgan fingerprint density at radius 1 is 1.25 bits per heavy atom. The van der Waals surface area contributed by atoms with Gasteiger partial charge in [-0.1, -0.05) is 0 Å². The molecule has 0 fully saturated rings. The largest absolute Gasteiger partial charge is 0.496 e. The molecule has 3 aromatic rings. The van der Waals surface area contributed by atoms with Crippen LogP contribution in [0, 0.1) is 13.8 Å². The first-order valence-electron chi connectivity index (χ1n) is 7.28. The van der Waals surface area contributed by atoms with Crippen LogP contribution < -0.4 is 10.1 Å². The predicted octanol–water partition coefficient (Wildman–Crippen LogP) is 3.48. The van der Waals surface area contributed by atoms with Crippen molar-refractivity contribution in [1.29, 1.82) is 0 Å². The average molecular weight is 340 g/mol. The number of nitrogens with zero attached hydrogens (tertiary/aromatic N) is 3. The van der Waals surface area contributed by atoms with Gasteiger partial charge in [-0.15, -0.1) is 11.3 Å². The maximum absolute atomic E-state index is 12.1. The van der Waals surface area contributed by atoms with Gasteiger partial charge < -0.3 is 4.74 Å². The number of nitrogens with one attached hydrogen (secondary N) is 1. The molecule has 1 aromatic carbocycles. The molecule has 0 aliphatic heterocycles. The second-order valence-corrected chi connectivity index (χ2v) is 6.36. The molecule has 122 valence electrons. The van der Waals surface area contributed by atoms with Crippen molar-refractivity contribution in [3.05, 3.63) is 52.9 Å². The summed E-state index contributed by atoms with van der Waals surface area (Å²) in [5.41, 5.74) is 3.13. The molecule has 3 rings (SSSR count). The minimum absolute atomic E-state index is 0.257. The zero-order valence-electron chi connectivity index (χ0n) is 13.5. The van der Waals surface area contributed by atoms with E-state index in [-0.39, 0.29) is 11.6 Å². The van der Waals surface area contributed by atoms with Gasteiger partial charge in [0, 0.05) is 22.8 Å². The highest BCUT2D eigenvalue weighted by Crippen LogP contribution is 2.32. The Bertz CT molecular complexity index is 878. The zero-order chi connectivity index (χ0) is 17.1. The summed E-state index contributed by atoms with van der Waals surface area (Å²) in [6, 6.07) is 5.90. The third-order valence-corrected chi connectivity index (χ3v) is 4.37. The fraction of sp³-hybridized carbons (Fsp3) is 0.176. The first-order chi connectivity index (χ1) is 11.6. The predicted molar refractivity (Wildman–Crippen MR) is 93.6 cm³/mol. The van der Waals surface area contributed by atoms with Gasteiger partial charge in [0.25, 0.3) is 5.91 Å². The van der Waals surface area contributed by atoms with Crippen molar-refractivity contribution in [2.75, 3.05) is 12.4 Å². The molecule has 1 N–H and O–H groups in total. The third-order valence-electron chi connectivity index (χ3n) is 3.48. The Kier molecular flexibility index (Phi) is 4.52. The number of hydrogen-bond acceptors (Lipinski definition) is 6. The van der Waals surface area contributed by atoms with Crippen LogP contribution in [0.3, 0.4) is 0 Å². The lowest BCUT2D eigenvalue weighted by Gasteiger charge is -2.06. The second-order valence-electron chi connectivity index (χ2n) is 5.15.